The van der Waals surface area contributed by atoms with Gasteiger partial charge in [-0.15, -0.1) is 0 Å². The fourth-order valence-electron chi connectivity index (χ4n) is 4.44. The molecule has 5 heterocycles. The zero-order chi connectivity index (χ0) is 20.5. The molecule has 3 aromatic rings. The molecule has 0 aliphatic carbocycles. The molecule has 0 spiro atoms. The Morgan fingerprint density at radius 2 is 2.07 bits per heavy atom. The molecule has 0 bridgehead atoms. The van der Waals surface area contributed by atoms with Crippen LogP contribution < -0.4 is 5.56 Å². The summed E-state index contributed by atoms with van der Waals surface area (Å²) < 4.78 is 7.51. The lowest BCUT2D eigenvalue weighted by Crippen LogP contribution is -2.44. The molecule has 0 amide bonds. The third kappa shape index (κ3) is 2.39. The molecule has 5 rings (SSSR count). The maximum atomic E-state index is 13.2. The Morgan fingerprint density at radius 3 is 2.79 bits per heavy atom. The van der Waals surface area contributed by atoms with Crippen molar-refractivity contribution in [3.8, 4) is 11.4 Å². The topological polar surface area (TPSA) is 94.3 Å². The molecule has 2 aliphatic rings. The molecule has 0 radical (unpaired) electrons. The van der Waals surface area contributed by atoms with Gasteiger partial charge in [0.1, 0.15) is 11.2 Å². The number of halogens is 1. The number of hydrogen-bond donors (Lipinski definition) is 1. The Bertz CT molecular complexity index is 1280. The third-order valence-corrected chi connectivity index (χ3v) is 6.45. The summed E-state index contributed by atoms with van der Waals surface area (Å²) in [4.78, 5) is 34.6. The van der Waals surface area contributed by atoms with Crippen molar-refractivity contribution in [3.63, 3.8) is 0 Å². The molecule has 29 heavy (non-hydrogen) atoms. The van der Waals surface area contributed by atoms with Crippen molar-refractivity contribution in [1.82, 2.24) is 14.5 Å². The molecule has 7 nitrogen and oxygen atoms in total. The van der Waals surface area contributed by atoms with Gasteiger partial charge in [-0.2, -0.15) is 0 Å². The van der Waals surface area contributed by atoms with E-state index in [0.29, 0.717) is 29.1 Å². The highest BCUT2D eigenvalue weighted by molar-refractivity contribution is 9.10. The van der Waals surface area contributed by atoms with Crippen LogP contribution in [0.15, 0.2) is 27.7 Å². The van der Waals surface area contributed by atoms with Crippen molar-refractivity contribution in [3.05, 3.63) is 55.5 Å². The van der Waals surface area contributed by atoms with E-state index < -0.39 is 11.6 Å². The lowest BCUT2D eigenvalue weighted by Gasteiger charge is -2.31. The Balaban J connectivity index is 1.84. The van der Waals surface area contributed by atoms with Crippen LogP contribution in [0, 0.1) is 0 Å². The second-order valence-corrected chi connectivity index (χ2v) is 8.21. The quantitative estimate of drug-likeness (QED) is 0.368. The minimum absolute atomic E-state index is 0.123. The van der Waals surface area contributed by atoms with E-state index in [4.69, 9.17) is 9.72 Å². The van der Waals surface area contributed by atoms with E-state index in [1.54, 1.807) is 23.8 Å². The highest BCUT2D eigenvalue weighted by Crippen LogP contribution is 2.40. The summed E-state index contributed by atoms with van der Waals surface area (Å²) >= 11 is 3.42. The monoisotopic (exact) mass is 455 g/mol. The summed E-state index contributed by atoms with van der Waals surface area (Å²) in [5, 5.41) is 12.0. The fraction of sp³-hybridized carbons (Fsp3) is 0.333. The average molecular weight is 456 g/mol. The maximum absolute atomic E-state index is 13.2. The first-order valence-electron chi connectivity index (χ1n) is 9.53. The van der Waals surface area contributed by atoms with Gasteiger partial charge in [0, 0.05) is 16.5 Å². The number of aryl methyl sites for hydroxylation is 1. The van der Waals surface area contributed by atoms with E-state index >= 15 is 0 Å². The minimum Gasteiger partial charge on any atom is -0.458 e. The number of esters is 1. The van der Waals surface area contributed by atoms with E-state index in [2.05, 4.69) is 27.8 Å². The number of fused-ring (bicyclic) bond motifs is 5. The van der Waals surface area contributed by atoms with Crippen LogP contribution in [0.25, 0.3) is 22.3 Å². The number of hydrogen-bond acceptors (Lipinski definition) is 6. The normalized spacial score (nSPS) is 19.7. The van der Waals surface area contributed by atoms with Crippen molar-refractivity contribution in [2.24, 2.45) is 0 Å². The van der Waals surface area contributed by atoms with E-state index in [0.717, 1.165) is 33.1 Å². The largest absolute Gasteiger partial charge is 0.458 e. The molecule has 0 saturated carbocycles. The van der Waals surface area contributed by atoms with E-state index in [1.807, 2.05) is 6.07 Å². The van der Waals surface area contributed by atoms with Crippen LogP contribution in [0.1, 0.15) is 42.5 Å². The summed E-state index contributed by atoms with van der Waals surface area (Å²) in [6.07, 6.45) is 2.61. The molecule has 1 N–H and O–H groups in total. The van der Waals surface area contributed by atoms with Gasteiger partial charge < -0.3 is 14.4 Å². The van der Waals surface area contributed by atoms with Crippen molar-refractivity contribution < 1.29 is 14.6 Å². The average Bonchev–Trinajstić information content (AvgIpc) is 3.08. The number of carbonyl (C=O) groups is 1. The van der Waals surface area contributed by atoms with Crippen molar-refractivity contribution in [2.45, 2.75) is 45.4 Å². The predicted molar refractivity (Wildman–Crippen MR) is 109 cm³/mol. The molecule has 0 fully saturated rings. The van der Waals surface area contributed by atoms with Crippen molar-refractivity contribution >= 4 is 32.8 Å². The van der Waals surface area contributed by atoms with Crippen LogP contribution in [0.5, 0.6) is 0 Å². The number of cyclic esters (lactones) is 1. The summed E-state index contributed by atoms with van der Waals surface area (Å²) in [5.41, 5.74) is 2.76. The van der Waals surface area contributed by atoms with Crippen LogP contribution >= 0.6 is 15.9 Å². The highest BCUT2D eigenvalue weighted by Gasteiger charge is 2.45. The summed E-state index contributed by atoms with van der Waals surface area (Å²) in [6, 6.07) is 3.68. The molecule has 1 atom stereocenters. The number of ether oxygens (including phenoxy) is 1. The van der Waals surface area contributed by atoms with Crippen LogP contribution in [0.4, 0.5) is 0 Å². The highest BCUT2D eigenvalue weighted by atomic mass is 79.9. The number of aliphatic hydroxyl groups is 1. The lowest BCUT2D eigenvalue weighted by molar-refractivity contribution is -0.172. The molecule has 0 saturated heterocycles. The summed E-state index contributed by atoms with van der Waals surface area (Å²) in [5.74, 6) is -0.718. The van der Waals surface area contributed by atoms with E-state index in [9.17, 15) is 14.7 Å². The summed E-state index contributed by atoms with van der Waals surface area (Å²) in [6.45, 7) is 4.04. The first-order chi connectivity index (χ1) is 13.9. The number of aromatic nitrogens is 3. The Kier molecular flexibility index (Phi) is 3.95. The number of rotatable bonds is 2. The van der Waals surface area contributed by atoms with Gasteiger partial charge in [0.15, 0.2) is 5.60 Å². The van der Waals surface area contributed by atoms with Crippen molar-refractivity contribution in [1.29, 1.82) is 0 Å². The van der Waals surface area contributed by atoms with Gasteiger partial charge >= 0.3 is 5.97 Å². The van der Waals surface area contributed by atoms with Crippen LogP contribution in [-0.4, -0.2) is 25.6 Å². The van der Waals surface area contributed by atoms with E-state index in [1.165, 1.54) is 0 Å². The second kappa shape index (κ2) is 6.21. The van der Waals surface area contributed by atoms with Gasteiger partial charge in [-0.1, -0.05) is 13.8 Å². The van der Waals surface area contributed by atoms with Crippen molar-refractivity contribution in [2.75, 3.05) is 0 Å². The zero-order valence-electron chi connectivity index (χ0n) is 16.0. The standard InChI is InChI=1S/C21H18BrN3O4/c1-3-10-11-5-17(22)23-7-15(11)24-18-12(10)8-25-16(18)6-14-13(19(25)26)9-29-20(27)21(14,28)4-2/h5-7,28H,3-4,8-9H2,1-2H3/t21-/m0/s1. The Hall–Kier alpha value is -2.58. The van der Waals surface area contributed by atoms with Gasteiger partial charge in [-0.05, 0) is 46.5 Å². The van der Waals surface area contributed by atoms with Gasteiger partial charge in [-0.3, -0.25) is 4.79 Å². The van der Waals surface area contributed by atoms with Crippen LogP contribution in [0.3, 0.4) is 0 Å². The number of nitrogens with zero attached hydrogens (tertiary/aromatic N) is 3. The first kappa shape index (κ1) is 18.4. The smallest absolute Gasteiger partial charge is 0.343 e. The molecule has 0 aromatic carbocycles. The van der Waals surface area contributed by atoms with Gasteiger partial charge in [0.25, 0.3) is 5.56 Å². The lowest BCUT2D eigenvalue weighted by atomic mass is 9.86. The maximum Gasteiger partial charge on any atom is 0.343 e. The van der Waals surface area contributed by atoms with Crippen LogP contribution in [-0.2, 0) is 34.7 Å². The summed E-state index contributed by atoms with van der Waals surface area (Å²) in [7, 11) is 0. The van der Waals surface area contributed by atoms with Gasteiger partial charge in [0.2, 0.25) is 0 Å². The number of pyridine rings is 3. The predicted octanol–water partition coefficient (Wildman–Crippen LogP) is 2.80. The number of carbonyl (C=O) groups excluding carboxylic acids is 1. The third-order valence-electron chi connectivity index (χ3n) is 6.01. The van der Waals surface area contributed by atoms with E-state index in [-0.39, 0.29) is 18.6 Å². The Morgan fingerprint density at radius 1 is 1.28 bits per heavy atom. The molecule has 8 heteroatoms. The van der Waals surface area contributed by atoms with Crippen LogP contribution in [0.2, 0.25) is 0 Å². The molecule has 3 aromatic heterocycles. The molecular formula is C21H18BrN3O4. The first-order valence-corrected chi connectivity index (χ1v) is 10.3. The Labute approximate surface area is 174 Å². The minimum atomic E-state index is -1.82. The van der Waals surface area contributed by atoms with Gasteiger partial charge in [0.05, 0.1) is 35.2 Å². The second-order valence-electron chi connectivity index (χ2n) is 7.40. The zero-order valence-corrected chi connectivity index (χ0v) is 17.5. The molecule has 2 aliphatic heterocycles. The molecule has 0 unspecified atom stereocenters. The molecule has 148 valence electrons. The fourth-order valence-corrected chi connectivity index (χ4v) is 4.78. The molecular weight excluding hydrogens is 438 g/mol. The van der Waals surface area contributed by atoms with Gasteiger partial charge in [-0.25, -0.2) is 14.8 Å². The SMILES string of the molecule is CCc1c2c(nc3cnc(Br)cc13)-c1cc3c(c(=O)n1C2)COC(=O)[C@]3(O)CC.